The van der Waals surface area contributed by atoms with E-state index in [1.54, 1.807) is 19.9 Å². The Morgan fingerprint density at radius 2 is 1.92 bits per heavy atom. The van der Waals surface area contributed by atoms with Crippen LogP contribution in [0.2, 0.25) is 0 Å². The molecule has 0 radical (unpaired) electrons. The minimum absolute atomic E-state index is 0.0575. The lowest BCUT2D eigenvalue weighted by Crippen LogP contribution is -2.16. The van der Waals surface area contributed by atoms with Gasteiger partial charge in [-0.15, -0.1) is 10.2 Å². The van der Waals surface area contributed by atoms with E-state index in [9.17, 15) is 15.0 Å². The fourth-order valence-electron chi connectivity index (χ4n) is 3.68. The van der Waals surface area contributed by atoms with Crippen molar-refractivity contribution in [3.05, 3.63) is 71.5 Å². The number of hydrogen-bond acceptors (Lipinski definition) is 11. The first-order valence-electron chi connectivity index (χ1n) is 11.2. The summed E-state index contributed by atoms with van der Waals surface area (Å²) < 4.78 is 5.72. The molecule has 0 unspecified atom stereocenters. The quantitative estimate of drug-likeness (QED) is 0.246. The summed E-state index contributed by atoms with van der Waals surface area (Å²) in [7, 11) is 0. The van der Waals surface area contributed by atoms with Crippen molar-refractivity contribution in [2.45, 2.75) is 32.0 Å². The molecule has 0 saturated carbocycles. The van der Waals surface area contributed by atoms with Crippen molar-refractivity contribution in [1.29, 1.82) is 0 Å². The van der Waals surface area contributed by atoms with Gasteiger partial charge in [-0.2, -0.15) is 0 Å². The van der Waals surface area contributed by atoms with E-state index in [4.69, 9.17) is 4.42 Å². The number of aliphatic hydroxyl groups excluding tert-OH is 1. The zero-order valence-electron chi connectivity index (χ0n) is 19.6. The Hall–Kier alpha value is -4.42. The molecular formula is C24H24N8O4. The first kappa shape index (κ1) is 23.3. The molecule has 36 heavy (non-hydrogen) atoms. The van der Waals surface area contributed by atoms with Gasteiger partial charge in [-0.25, -0.2) is 15.0 Å². The SMILES string of the molecule is CC(C)(O)c1nnc(-c2cnc(Nc3ncc4c(n3)CNC4=O)cc2N[C@H](CO)c2ccccc2)o1. The molecule has 1 aromatic carbocycles. The van der Waals surface area contributed by atoms with Crippen LogP contribution in [-0.4, -0.2) is 47.9 Å². The molecule has 0 bridgehead atoms. The minimum atomic E-state index is -1.31. The lowest BCUT2D eigenvalue weighted by Gasteiger charge is -2.20. The Labute approximate surface area is 205 Å². The lowest BCUT2D eigenvalue weighted by molar-refractivity contribution is 0.0488. The number of hydrogen-bond donors (Lipinski definition) is 5. The Morgan fingerprint density at radius 1 is 1.14 bits per heavy atom. The number of amides is 1. The number of benzene rings is 1. The summed E-state index contributed by atoms with van der Waals surface area (Å²) in [6, 6.07) is 10.7. The first-order chi connectivity index (χ1) is 17.3. The highest BCUT2D eigenvalue weighted by molar-refractivity contribution is 5.97. The molecular weight excluding hydrogens is 464 g/mol. The first-order valence-corrected chi connectivity index (χ1v) is 11.2. The van der Waals surface area contributed by atoms with Gasteiger partial charge in [0.25, 0.3) is 11.8 Å². The molecule has 4 heterocycles. The number of carbonyl (C=O) groups is 1. The molecule has 5 rings (SSSR count). The van der Waals surface area contributed by atoms with E-state index < -0.39 is 11.6 Å². The van der Waals surface area contributed by atoms with Crippen LogP contribution in [0.4, 0.5) is 17.5 Å². The van der Waals surface area contributed by atoms with Crippen molar-refractivity contribution in [3.8, 4) is 11.5 Å². The Kier molecular flexibility index (Phi) is 6.04. The van der Waals surface area contributed by atoms with Crippen LogP contribution in [0, 0.1) is 0 Å². The molecule has 5 N–H and O–H groups in total. The molecule has 0 spiro atoms. The van der Waals surface area contributed by atoms with E-state index >= 15 is 0 Å². The third-order valence-corrected chi connectivity index (χ3v) is 5.57. The fourth-order valence-corrected chi connectivity index (χ4v) is 3.68. The Morgan fingerprint density at radius 3 is 2.64 bits per heavy atom. The van der Waals surface area contributed by atoms with Crippen LogP contribution in [0.15, 0.2) is 53.2 Å². The molecule has 1 aliphatic heterocycles. The summed E-state index contributed by atoms with van der Waals surface area (Å²) in [5.74, 6) is 0.691. The summed E-state index contributed by atoms with van der Waals surface area (Å²) >= 11 is 0. The van der Waals surface area contributed by atoms with E-state index in [1.165, 1.54) is 12.4 Å². The number of aliphatic hydroxyl groups is 2. The van der Waals surface area contributed by atoms with Crippen molar-refractivity contribution in [1.82, 2.24) is 30.5 Å². The zero-order chi connectivity index (χ0) is 25.3. The van der Waals surface area contributed by atoms with Gasteiger partial charge in [0.15, 0.2) is 0 Å². The van der Waals surface area contributed by atoms with E-state index in [1.807, 2.05) is 30.3 Å². The number of rotatable bonds is 8. The average molecular weight is 489 g/mol. The van der Waals surface area contributed by atoms with Gasteiger partial charge in [0.05, 0.1) is 41.7 Å². The maximum absolute atomic E-state index is 11.8. The highest BCUT2D eigenvalue weighted by Gasteiger charge is 2.26. The average Bonchev–Trinajstić information content (AvgIpc) is 3.51. The van der Waals surface area contributed by atoms with Crippen LogP contribution in [0.3, 0.4) is 0 Å². The van der Waals surface area contributed by atoms with Crippen molar-refractivity contribution in [2.75, 3.05) is 17.2 Å². The van der Waals surface area contributed by atoms with Gasteiger partial charge in [0, 0.05) is 18.5 Å². The molecule has 12 heteroatoms. The number of fused-ring (bicyclic) bond motifs is 1. The second kappa shape index (κ2) is 9.32. The minimum Gasteiger partial charge on any atom is -0.417 e. The van der Waals surface area contributed by atoms with Crippen LogP contribution in [-0.2, 0) is 12.1 Å². The lowest BCUT2D eigenvalue weighted by atomic mass is 10.1. The summed E-state index contributed by atoms with van der Waals surface area (Å²) in [4.78, 5) is 24.8. The number of nitrogens with one attached hydrogen (secondary N) is 3. The van der Waals surface area contributed by atoms with Crippen LogP contribution in [0.1, 0.15) is 47.4 Å². The number of nitrogens with zero attached hydrogens (tertiary/aromatic N) is 5. The van der Waals surface area contributed by atoms with E-state index in [2.05, 4.69) is 41.1 Å². The molecule has 1 aliphatic rings. The van der Waals surface area contributed by atoms with E-state index in [-0.39, 0.29) is 30.2 Å². The second-order valence-electron chi connectivity index (χ2n) is 8.74. The number of carbonyl (C=O) groups excluding carboxylic acids is 1. The van der Waals surface area contributed by atoms with Gasteiger partial charge in [0.2, 0.25) is 11.8 Å². The summed E-state index contributed by atoms with van der Waals surface area (Å²) in [6.45, 7) is 3.25. The molecule has 184 valence electrons. The number of aromatic nitrogens is 5. The maximum Gasteiger partial charge on any atom is 0.255 e. The van der Waals surface area contributed by atoms with Crippen molar-refractivity contribution < 1.29 is 19.4 Å². The van der Waals surface area contributed by atoms with Gasteiger partial charge in [-0.05, 0) is 19.4 Å². The van der Waals surface area contributed by atoms with E-state index in [0.29, 0.717) is 34.9 Å². The van der Waals surface area contributed by atoms with Gasteiger partial charge in [0.1, 0.15) is 11.4 Å². The third-order valence-electron chi connectivity index (χ3n) is 5.57. The standard InChI is InChI=1S/C24H24N8O4/c1-24(2,35)22-32-31-21(36-22)15-10-25-19(30-23-27-9-14-17(29-23)11-26-20(14)34)8-16(15)28-18(12-33)13-6-4-3-5-7-13/h3-10,18,33,35H,11-12H2,1-2H3,(H,26,34)(H2,25,27,28,29,30)/t18-/m1/s1. The molecule has 1 atom stereocenters. The van der Waals surface area contributed by atoms with Crippen molar-refractivity contribution in [3.63, 3.8) is 0 Å². The van der Waals surface area contributed by atoms with Gasteiger partial charge < -0.3 is 30.6 Å². The van der Waals surface area contributed by atoms with Gasteiger partial charge >= 0.3 is 0 Å². The molecule has 4 aromatic rings. The van der Waals surface area contributed by atoms with Crippen LogP contribution < -0.4 is 16.0 Å². The summed E-state index contributed by atoms with van der Waals surface area (Å²) in [5.41, 5.74) is 1.62. The Bertz CT molecular complexity index is 1400. The van der Waals surface area contributed by atoms with Gasteiger partial charge in [-0.3, -0.25) is 4.79 Å². The number of anilines is 3. The normalized spacial score (nSPS) is 13.7. The van der Waals surface area contributed by atoms with Crippen molar-refractivity contribution in [2.24, 2.45) is 0 Å². The fraction of sp³-hybridized carbons (Fsp3) is 0.250. The topological polar surface area (TPSA) is 171 Å². The summed E-state index contributed by atoms with van der Waals surface area (Å²) in [5, 5.41) is 37.4. The molecule has 1 amide bonds. The van der Waals surface area contributed by atoms with Crippen LogP contribution in [0.25, 0.3) is 11.5 Å². The zero-order valence-corrected chi connectivity index (χ0v) is 19.6. The smallest absolute Gasteiger partial charge is 0.255 e. The molecule has 0 aliphatic carbocycles. The Balaban J connectivity index is 1.50. The molecule has 3 aromatic heterocycles. The largest absolute Gasteiger partial charge is 0.417 e. The summed E-state index contributed by atoms with van der Waals surface area (Å²) in [6.07, 6.45) is 3.00. The van der Waals surface area contributed by atoms with Crippen LogP contribution >= 0.6 is 0 Å². The number of pyridine rings is 1. The van der Waals surface area contributed by atoms with E-state index in [0.717, 1.165) is 5.56 Å². The predicted octanol–water partition coefficient (Wildman–Crippen LogP) is 2.28. The third kappa shape index (κ3) is 4.72. The van der Waals surface area contributed by atoms with Crippen LogP contribution in [0.5, 0.6) is 0 Å². The highest BCUT2D eigenvalue weighted by atomic mass is 16.4. The maximum atomic E-state index is 11.8. The molecule has 0 saturated heterocycles. The molecule has 12 nitrogen and oxygen atoms in total. The predicted molar refractivity (Wildman–Crippen MR) is 129 cm³/mol. The highest BCUT2D eigenvalue weighted by Crippen LogP contribution is 2.33. The monoisotopic (exact) mass is 488 g/mol. The molecule has 0 fully saturated rings. The van der Waals surface area contributed by atoms with Crippen molar-refractivity contribution >= 4 is 23.4 Å². The van der Waals surface area contributed by atoms with Gasteiger partial charge in [-0.1, -0.05) is 30.3 Å². The second-order valence-corrected chi connectivity index (χ2v) is 8.74.